The lowest BCUT2D eigenvalue weighted by Crippen LogP contribution is -2.34. The summed E-state index contributed by atoms with van der Waals surface area (Å²) < 4.78 is 5.74. The van der Waals surface area contributed by atoms with Gasteiger partial charge in [0.1, 0.15) is 5.69 Å². The number of para-hydroxylation sites is 2. The number of nitrogens with one attached hydrogen (secondary N) is 1. The van der Waals surface area contributed by atoms with E-state index in [9.17, 15) is 4.79 Å². The molecule has 33 heavy (non-hydrogen) atoms. The molecule has 0 spiro atoms. The molecule has 0 bridgehead atoms. The van der Waals surface area contributed by atoms with Crippen LogP contribution in [0.15, 0.2) is 101 Å². The van der Waals surface area contributed by atoms with Crippen molar-refractivity contribution in [1.29, 1.82) is 0 Å². The average Bonchev–Trinajstić information content (AvgIpc) is 3.35. The second-order valence-corrected chi connectivity index (χ2v) is 8.38. The van der Waals surface area contributed by atoms with E-state index < -0.39 is 0 Å². The molecule has 7 heteroatoms. The van der Waals surface area contributed by atoms with Gasteiger partial charge in [0.15, 0.2) is 5.69 Å². The highest BCUT2D eigenvalue weighted by Gasteiger charge is 2.26. The van der Waals surface area contributed by atoms with E-state index in [1.807, 2.05) is 85.4 Å². The van der Waals surface area contributed by atoms with Crippen LogP contribution in [0, 0.1) is 6.92 Å². The highest BCUT2D eigenvalue weighted by atomic mass is 79.9. The molecule has 2 aromatic heterocycles. The zero-order chi connectivity index (χ0) is 22.1. The summed E-state index contributed by atoms with van der Waals surface area (Å²) in [6, 6.07) is 30.2. The minimum absolute atomic E-state index is 0. The highest BCUT2D eigenvalue weighted by Crippen LogP contribution is 2.28. The van der Waals surface area contributed by atoms with Crippen molar-refractivity contribution in [2.24, 2.45) is 7.05 Å². The lowest BCUT2D eigenvalue weighted by molar-refractivity contribution is -0.563. The predicted molar refractivity (Wildman–Crippen MR) is 141 cm³/mol. The van der Waals surface area contributed by atoms with E-state index in [0.717, 1.165) is 33.5 Å². The number of benzene rings is 3. The molecular formula is C26H24BrN4OS+. The predicted octanol–water partition coefficient (Wildman–Crippen LogP) is 5.81. The Labute approximate surface area is 207 Å². The van der Waals surface area contributed by atoms with Crippen molar-refractivity contribution < 1.29 is 4.57 Å². The quantitative estimate of drug-likeness (QED) is 0.297. The van der Waals surface area contributed by atoms with Crippen LogP contribution in [-0.2, 0) is 7.05 Å². The number of hydrogen-bond acceptors (Lipinski definition) is 3. The molecule has 1 N–H and O–H groups in total. The normalized spacial score (nSPS) is 10.6. The van der Waals surface area contributed by atoms with Gasteiger partial charge in [0, 0.05) is 18.0 Å². The Morgan fingerprint density at radius 2 is 1.42 bits per heavy atom. The number of anilines is 2. The number of halogens is 1. The van der Waals surface area contributed by atoms with E-state index in [4.69, 9.17) is 0 Å². The fourth-order valence-corrected chi connectivity index (χ4v) is 4.81. The Balaban J connectivity index is 0.00000259. The molecule has 5 rings (SSSR count). The summed E-state index contributed by atoms with van der Waals surface area (Å²) in [5.41, 5.74) is 5.42. The molecule has 0 saturated carbocycles. The van der Waals surface area contributed by atoms with Gasteiger partial charge in [-0.3, -0.25) is 9.48 Å². The van der Waals surface area contributed by atoms with E-state index >= 15 is 0 Å². The molecule has 2 heterocycles. The number of thiazole rings is 1. The number of aromatic nitrogens is 3. The molecule has 5 nitrogen and oxygen atoms in total. The first-order valence-corrected chi connectivity index (χ1v) is 11.3. The van der Waals surface area contributed by atoms with Crippen molar-refractivity contribution in [1.82, 2.24) is 9.36 Å². The van der Waals surface area contributed by atoms with Gasteiger partial charge in [0.2, 0.25) is 5.69 Å². The summed E-state index contributed by atoms with van der Waals surface area (Å²) in [6.45, 7) is 1.96. The molecule has 166 valence electrons. The Morgan fingerprint density at radius 1 is 0.848 bits per heavy atom. The largest absolute Gasteiger partial charge is 0.344 e. The van der Waals surface area contributed by atoms with Gasteiger partial charge in [-0.05, 0) is 31.2 Å². The third-order valence-electron chi connectivity index (χ3n) is 5.60. The topological polar surface area (TPSA) is 42.8 Å². The molecule has 0 atom stereocenters. The Morgan fingerprint density at radius 3 is 2.06 bits per heavy atom. The molecule has 3 aromatic carbocycles. The van der Waals surface area contributed by atoms with Gasteiger partial charge in [-0.2, -0.15) is 4.57 Å². The fraction of sp³-hybridized carbons (Fsp3) is 0.0769. The van der Waals surface area contributed by atoms with Gasteiger partial charge in [-0.25, -0.2) is 10.00 Å². The number of hydrogen-bond donors (Lipinski definition) is 1. The first-order chi connectivity index (χ1) is 15.6. The van der Waals surface area contributed by atoms with Gasteiger partial charge in [-0.15, -0.1) is 17.0 Å². The fourth-order valence-electron chi connectivity index (χ4n) is 3.87. The Hall–Kier alpha value is -3.42. The summed E-state index contributed by atoms with van der Waals surface area (Å²) >= 11 is 1.58. The van der Waals surface area contributed by atoms with Gasteiger partial charge in [-0.1, -0.05) is 78.1 Å². The van der Waals surface area contributed by atoms with E-state index in [2.05, 4.69) is 39.5 Å². The molecular weight excluding hydrogens is 496 g/mol. The van der Waals surface area contributed by atoms with Gasteiger partial charge < -0.3 is 0 Å². The zero-order valence-corrected chi connectivity index (χ0v) is 20.8. The van der Waals surface area contributed by atoms with Crippen LogP contribution in [0.2, 0.25) is 0 Å². The van der Waals surface area contributed by atoms with Crippen molar-refractivity contribution in [2.45, 2.75) is 6.92 Å². The SMILES string of the molecule is Br.Cc1c(Nc2scc(-c3ccccc3)[n+]2-c2ccccc2)c(=O)n(-c2ccccc2)n1C. The highest BCUT2D eigenvalue weighted by molar-refractivity contribution is 8.93. The van der Waals surface area contributed by atoms with E-state index in [1.165, 1.54) is 0 Å². The van der Waals surface area contributed by atoms with Crippen LogP contribution >= 0.6 is 28.3 Å². The van der Waals surface area contributed by atoms with Crippen molar-refractivity contribution >= 4 is 39.1 Å². The standard InChI is InChI=1S/C26H22N4OS.BrH/c1-19-24(25(31)30(28(19)2)22-16-10-5-11-17-22)27-26-29(21-14-8-4-9-15-21)23(18-32-26)20-12-6-3-7-13-20;/h3-18H,1-2H3;1H/p+1. The summed E-state index contributed by atoms with van der Waals surface area (Å²) in [4.78, 5) is 13.4. The molecule has 0 unspecified atom stereocenters. The minimum Gasteiger partial charge on any atom is -0.281 e. The molecule has 0 aliphatic rings. The molecule has 5 aromatic rings. The summed E-state index contributed by atoms with van der Waals surface area (Å²) in [5, 5.41) is 6.46. The summed E-state index contributed by atoms with van der Waals surface area (Å²) in [7, 11) is 1.91. The van der Waals surface area contributed by atoms with Gasteiger partial charge >= 0.3 is 10.7 Å². The molecule has 0 fully saturated rings. The molecule has 0 amide bonds. The third-order valence-corrected chi connectivity index (χ3v) is 6.45. The first-order valence-electron chi connectivity index (χ1n) is 10.4. The number of rotatable bonds is 5. The smallest absolute Gasteiger partial charge is 0.281 e. The van der Waals surface area contributed by atoms with Gasteiger partial charge in [0.25, 0.3) is 0 Å². The lowest BCUT2D eigenvalue weighted by atomic mass is 10.1. The van der Waals surface area contributed by atoms with Crippen LogP contribution in [-0.4, -0.2) is 9.36 Å². The van der Waals surface area contributed by atoms with E-state index in [1.54, 1.807) is 16.0 Å². The molecule has 0 aliphatic heterocycles. The van der Waals surface area contributed by atoms with E-state index in [-0.39, 0.29) is 22.5 Å². The maximum absolute atomic E-state index is 13.4. The Bertz CT molecular complexity index is 1420. The Kier molecular flexibility index (Phi) is 6.62. The van der Waals surface area contributed by atoms with Crippen LogP contribution in [0.4, 0.5) is 10.8 Å². The minimum atomic E-state index is -0.0783. The zero-order valence-electron chi connectivity index (χ0n) is 18.3. The van der Waals surface area contributed by atoms with Crippen LogP contribution in [0.1, 0.15) is 5.69 Å². The van der Waals surface area contributed by atoms with Crippen molar-refractivity contribution in [3.63, 3.8) is 0 Å². The monoisotopic (exact) mass is 519 g/mol. The van der Waals surface area contributed by atoms with Gasteiger partial charge in [0.05, 0.1) is 11.4 Å². The van der Waals surface area contributed by atoms with Crippen molar-refractivity contribution in [2.75, 3.05) is 5.32 Å². The number of nitrogens with zero attached hydrogens (tertiary/aromatic N) is 3. The average molecular weight is 520 g/mol. The van der Waals surface area contributed by atoms with Crippen molar-refractivity contribution in [3.8, 4) is 22.6 Å². The van der Waals surface area contributed by atoms with Crippen molar-refractivity contribution in [3.05, 3.63) is 112 Å². The molecule has 0 radical (unpaired) electrons. The van der Waals surface area contributed by atoms with Crippen LogP contribution < -0.4 is 15.4 Å². The maximum atomic E-state index is 13.4. The maximum Gasteiger partial charge on any atom is 0.344 e. The van der Waals surface area contributed by atoms with E-state index in [0.29, 0.717) is 5.69 Å². The van der Waals surface area contributed by atoms with Crippen LogP contribution in [0.3, 0.4) is 0 Å². The summed E-state index contributed by atoms with van der Waals surface area (Å²) in [5.74, 6) is 0. The first kappa shape index (κ1) is 22.8. The second kappa shape index (κ2) is 9.60. The summed E-state index contributed by atoms with van der Waals surface area (Å²) in [6.07, 6.45) is 0. The van der Waals surface area contributed by atoms with Crippen LogP contribution in [0.5, 0.6) is 0 Å². The second-order valence-electron chi connectivity index (χ2n) is 7.52. The molecule has 0 saturated heterocycles. The lowest BCUT2D eigenvalue weighted by Gasteiger charge is -2.07. The molecule has 0 aliphatic carbocycles. The van der Waals surface area contributed by atoms with Crippen LogP contribution in [0.25, 0.3) is 22.6 Å². The third kappa shape index (κ3) is 4.17.